The van der Waals surface area contributed by atoms with Crippen LogP contribution in [0.1, 0.15) is 97.8 Å². The largest absolute Gasteiger partial charge is 0.390 e. The van der Waals surface area contributed by atoms with E-state index >= 15 is 0 Å². The molecule has 1 spiro atoms. The topological polar surface area (TPSA) is 65.3 Å². The van der Waals surface area contributed by atoms with Crippen molar-refractivity contribution in [2.45, 2.75) is 122 Å². The van der Waals surface area contributed by atoms with E-state index in [9.17, 15) is 10.2 Å². The van der Waals surface area contributed by atoms with Gasteiger partial charge in [-0.05, 0) is 19.3 Å². The van der Waals surface area contributed by atoms with Crippen molar-refractivity contribution in [3.8, 4) is 0 Å². The number of aliphatic hydroxyl groups excluding tert-OH is 2. The van der Waals surface area contributed by atoms with Crippen LogP contribution in [0.25, 0.3) is 0 Å². The van der Waals surface area contributed by atoms with E-state index in [2.05, 4.69) is 26.8 Å². The molecule has 2 fully saturated rings. The first-order chi connectivity index (χ1) is 13.8. The van der Waals surface area contributed by atoms with Crippen LogP contribution < -0.4 is 0 Å². The van der Waals surface area contributed by atoms with Gasteiger partial charge in [-0.2, -0.15) is 5.06 Å². The number of aliphatic hydroxyl groups is 2. The molecule has 2 N–H and O–H groups in total. The Hall–Kier alpha value is -1.07. The third-order valence-electron chi connectivity index (χ3n) is 7.59. The minimum Gasteiger partial charge on any atom is -0.390 e. The van der Waals surface area contributed by atoms with E-state index < -0.39 is 12.2 Å². The van der Waals surface area contributed by atoms with Gasteiger partial charge in [0.15, 0.2) is 5.84 Å². The average Bonchev–Trinajstić information content (AvgIpc) is 3.20. The maximum Gasteiger partial charge on any atom is 0.163 e. The van der Waals surface area contributed by atoms with Crippen LogP contribution in [0.4, 0.5) is 0 Å². The lowest BCUT2D eigenvalue weighted by Gasteiger charge is -2.46. The van der Waals surface area contributed by atoms with Crippen molar-refractivity contribution >= 4 is 5.84 Å². The van der Waals surface area contributed by atoms with Gasteiger partial charge >= 0.3 is 0 Å². The SMILES string of the molecule is CC(C)(C)C1=CC2=NC3(CCCCCCCCCCC3)[C@H]3C[C@H](O)[C@H](O)[C@H]3N2O1. The zero-order valence-electron chi connectivity index (χ0n) is 18.6. The molecule has 0 aromatic heterocycles. The summed E-state index contributed by atoms with van der Waals surface area (Å²) in [6.45, 7) is 6.42. The number of amidine groups is 1. The molecule has 2 saturated carbocycles. The quantitative estimate of drug-likeness (QED) is 0.613. The molecule has 0 amide bonds. The maximum absolute atomic E-state index is 10.9. The Bertz CT molecular complexity index is 639. The summed E-state index contributed by atoms with van der Waals surface area (Å²) < 4.78 is 0. The number of hydroxylamine groups is 2. The summed E-state index contributed by atoms with van der Waals surface area (Å²) in [5, 5.41) is 23.3. The zero-order chi connectivity index (χ0) is 20.6. The van der Waals surface area contributed by atoms with Crippen molar-refractivity contribution < 1.29 is 15.1 Å². The van der Waals surface area contributed by atoms with Crippen molar-refractivity contribution in [2.75, 3.05) is 0 Å². The molecule has 0 radical (unpaired) electrons. The van der Waals surface area contributed by atoms with Crippen LogP contribution in [0.3, 0.4) is 0 Å². The number of nitrogens with zero attached hydrogens (tertiary/aromatic N) is 2. The Labute approximate surface area is 176 Å². The Morgan fingerprint density at radius 2 is 1.52 bits per heavy atom. The molecule has 4 atom stereocenters. The second-order valence-electron chi connectivity index (χ2n) is 10.8. The van der Waals surface area contributed by atoms with Crippen LogP contribution in [-0.4, -0.2) is 44.9 Å². The van der Waals surface area contributed by atoms with E-state index in [0.717, 1.165) is 24.4 Å². The third kappa shape index (κ3) is 4.10. The number of aliphatic imine (C=N–C) groups is 1. The molecule has 5 nitrogen and oxygen atoms in total. The standard InChI is InChI=1S/C24H40N2O3/c1-23(2,3)19-16-20-25-24(13-11-9-7-5-4-6-8-10-12-14-24)17-15-18(27)22(28)21(17)26(20)29-19/h16-18,21-22,27-28H,4-15H2,1-3H3/t17-,18-,21-,22-/m0/s1. The first kappa shape index (κ1) is 21.2. The maximum atomic E-state index is 10.9. The molecule has 5 heteroatoms. The second-order valence-corrected chi connectivity index (χ2v) is 10.8. The Balaban J connectivity index is 1.68. The highest BCUT2D eigenvalue weighted by Gasteiger charge is 2.59. The lowest BCUT2D eigenvalue weighted by molar-refractivity contribution is -0.143. The fraction of sp³-hybridized carbons (Fsp3) is 0.875. The first-order valence-corrected chi connectivity index (χ1v) is 12.0. The number of fused-ring (bicyclic) bond motifs is 4. The normalized spacial score (nSPS) is 35.7. The molecule has 4 aliphatic rings. The minimum atomic E-state index is -0.781. The van der Waals surface area contributed by atoms with Crippen LogP contribution >= 0.6 is 0 Å². The van der Waals surface area contributed by atoms with Gasteiger partial charge in [-0.3, -0.25) is 4.99 Å². The predicted molar refractivity (Wildman–Crippen MR) is 115 cm³/mol. The zero-order valence-corrected chi connectivity index (χ0v) is 18.6. The monoisotopic (exact) mass is 404 g/mol. The van der Waals surface area contributed by atoms with E-state index in [1.54, 1.807) is 0 Å². The van der Waals surface area contributed by atoms with Gasteiger partial charge < -0.3 is 15.1 Å². The predicted octanol–water partition coefficient (Wildman–Crippen LogP) is 4.73. The van der Waals surface area contributed by atoms with Crippen LogP contribution in [0.5, 0.6) is 0 Å². The van der Waals surface area contributed by atoms with Crippen LogP contribution in [-0.2, 0) is 4.84 Å². The highest BCUT2D eigenvalue weighted by Crippen LogP contribution is 2.50. The molecule has 2 aliphatic heterocycles. The van der Waals surface area contributed by atoms with Crippen molar-refractivity contribution in [2.24, 2.45) is 16.3 Å². The molecule has 2 heterocycles. The Morgan fingerprint density at radius 1 is 0.966 bits per heavy atom. The van der Waals surface area contributed by atoms with Crippen LogP contribution in [0.2, 0.25) is 0 Å². The summed E-state index contributed by atoms with van der Waals surface area (Å²) in [5.74, 6) is 1.90. The molecule has 0 saturated heterocycles. The molecule has 0 aromatic carbocycles. The van der Waals surface area contributed by atoms with Crippen LogP contribution in [0, 0.1) is 11.3 Å². The van der Waals surface area contributed by atoms with Crippen molar-refractivity contribution in [3.05, 3.63) is 11.8 Å². The lowest BCUT2D eigenvalue weighted by atomic mass is 9.72. The summed E-state index contributed by atoms with van der Waals surface area (Å²) in [6.07, 6.45) is 14.9. The van der Waals surface area contributed by atoms with E-state index in [-0.39, 0.29) is 22.9 Å². The molecule has 4 rings (SSSR count). The van der Waals surface area contributed by atoms with Gasteiger partial charge in [0.05, 0.1) is 11.6 Å². The molecular weight excluding hydrogens is 364 g/mol. The summed E-state index contributed by atoms with van der Waals surface area (Å²) >= 11 is 0. The van der Waals surface area contributed by atoms with E-state index in [1.807, 2.05) is 5.06 Å². The fourth-order valence-corrected chi connectivity index (χ4v) is 5.87. The summed E-state index contributed by atoms with van der Waals surface area (Å²) in [6, 6.07) is -0.207. The molecule has 0 bridgehead atoms. The van der Waals surface area contributed by atoms with Gasteiger partial charge in [0.1, 0.15) is 17.9 Å². The highest BCUT2D eigenvalue weighted by molar-refractivity contribution is 5.95. The Kier molecular flexibility index (Phi) is 6.00. The van der Waals surface area contributed by atoms with E-state index in [1.165, 1.54) is 57.8 Å². The second kappa shape index (κ2) is 8.22. The van der Waals surface area contributed by atoms with Crippen molar-refractivity contribution in [1.29, 1.82) is 0 Å². The molecule has 0 unspecified atom stereocenters. The van der Waals surface area contributed by atoms with E-state index in [0.29, 0.717) is 6.42 Å². The first-order valence-electron chi connectivity index (χ1n) is 12.0. The highest BCUT2D eigenvalue weighted by atomic mass is 16.7. The van der Waals surface area contributed by atoms with Gasteiger partial charge in [-0.15, -0.1) is 0 Å². The minimum absolute atomic E-state index is 0.114. The average molecular weight is 405 g/mol. The van der Waals surface area contributed by atoms with Gasteiger partial charge in [-0.25, -0.2) is 0 Å². The molecule has 29 heavy (non-hydrogen) atoms. The Morgan fingerprint density at radius 3 is 2.07 bits per heavy atom. The number of hydrogen-bond donors (Lipinski definition) is 2. The lowest BCUT2D eigenvalue weighted by Crippen LogP contribution is -2.57. The van der Waals surface area contributed by atoms with Gasteiger partial charge in [0.25, 0.3) is 0 Å². The fourth-order valence-electron chi connectivity index (χ4n) is 5.87. The third-order valence-corrected chi connectivity index (χ3v) is 7.59. The van der Waals surface area contributed by atoms with Gasteiger partial charge in [0, 0.05) is 17.4 Å². The van der Waals surface area contributed by atoms with Crippen molar-refractivity contribution in [3.63, 3.8) is 0 Å². The number of hydrogen-bond acceptors (Lipinski definition) is 5. The van der Waals surface area contributed by atoms with Crippen LogP contribution in [0.15, 0.2) is 16.8 Å². The molecular formula is C24H40N2O3. The molecule has 2 aliphatic carbocycles. The van der Waals surface area contributed by atoms with Gasteiger partial charge in [-0.1, -0.05) is 78.6 Å². The van der Waals surface area contributed by atoms with Gasteiger partial charge in [0.2, 0.25) is 0 Å². The summed E-state index contributed by atoms with van der Waals surface area (Å²) in [5.41, 5.74) is -0.293. The van der Waals surface area contributed by atoms with E-state index in [4.69, 9.17) is 9.83 Å². The summed E-state index contributed by atoms with van der Waals surface area (Å²) in [7, 11) is 0. The number of rotatable bonds is 0. The molecule has 0 aromatic rings. The smallest absolute Gasteiger partial charge is 0.163 e. The molecule has 164 valence electrons. The number of allylic oxidation sites excluding steroid dienone is 1. The summed E-state index contributed by atoms with van der Waals surface area (Å²) in [4.78, 5) is 11.6. The van der Waals surface area contributed by atoms with Crippen molar-refractivity contribution in [1.82, 2.24) is 5.06 Å².